The molecule has 0 bridgehead atoms. The van der Waals surface area contributed by atoms with Gasteiger partial charge in [0.25, 0.3) is 5.69 Å². The predicted octanol–water partition coefficient (Wildman–Crippen LogP) is 2.92. The number of nitrogens with zero attached hydrogens (tertiary/aromatic N) is 2. The Morgan fingerprint density at radius 2 is 2.16 bits per heavy atom. The van der Waals surface area contributed by atoms with E-state index in [1.165, 1.54) is 12.1 Å². The fraction of sp³-hybridized carbons (Fsp3) is 0.462. The first kappa shape index (κ1) is 14.9. The Hall–Kier alpha value is -2.11. The van der Waals surface area contributed by atoms with Crippen molar-refractivity contribution < 1.29 is 14.8 Å². The molecule has 0 fully saturated rings. The molecule has 0 aliphatic heterocycles. The van der Waals surface area contributed by atoms with Crippen LogP contribution in [0.3, 0.4) is 0 Å². The normalized spacial score (nSPS) is 11.9. The van der Waals surface area contributed by atoms with Gasteiger partial charge in [-0.3, -0.25) is 10.1 Å². The topological polar surface area (TPSA) is 83.7 Å². The van der Waals surface area contributed by atoms with E-state index in [2.05, 4.69) is 6.92 Å². The lowest BCUT2D eigenvalue weighted by Gasteiger charge is -2.26. The number of hydrogen-bond donors (Lipinski definition) is 1. The van der Waals surface area contributed by atoms with Crippen molar-refractivity contribution in [2.45, 2.75) is 32.7 Å². The third-order valence-electron chi connectivity index (χ3n) is 3.18. The maximum absolute atomic E-state index is 10.9. The van der Waals surface area contributed by atoms with Crippen LogP contribution >= 0.6 is 0 Å². The second-order valence-electron chi connectivity index (χ2n) is 4.51. The summed E-state index contributed by atoms with van der Waals surface area (Å²) in [6.07, 6.45) is 1.98. The summed E-state index contributed by atoms with van der Waals surface area (Å²) in [4.78, 5) is 23.1. The molecule has 0 aliphatic carbocycles. The number of carboxylic acids is 1. The molecule has 6 nitrogen and oxygen atoms in total. The van der Waals surface area contributed by atoms with Crippen LogP contribution in [-0.4, -0.2) is 29.1 Å². The van der Waals surface area contributed by atoms with Gasteiger partial charge in [0.15, 0.2) is 0 Å². The van der Waals surface area contributed by atoms with Crippen LogP contribution in [0.1, 0.15) is 37.0 Å². The average Bonchev–Trinajstić information content (AvgIpc) is 2.37. The molecule has 104 valence electrons. The van der Waals surface area contributed by atoms with Gasteiger partial charge >= 0.3 is 5.97 Å². The molecular weight excluding hydrogens is 248 g/mol. The van der Waals surface area contributed by atoms with Crippen molar-refractivity contribution in [2.75, 3.05) is 11.9 Å². The average molecular weight is 266 g/mol. The van der Waals surface area contributed by atoms with E-state index in [0.29, 0.717) is 5.69 Å². The lowest BCUT2D eigenvalue weighted by Crippen LogP contribution is -2.28. The first-order chi connectivity index (χ1) is 8.88. The summed E-state index contributed by atoms with van der Waals surface area (Å²) in [5, 5.41) is 19.8. The van der Waals surface area contributed by atoms with Crippen molar-refractivity contribution in [3.05, 3.63) is 33.9 Å². The number of anilines is 1. The molecule has 1 aromatic rings. The van der Waals surface area contributed by atoms with Crippen LogP contribution in [0.5, 0.6) is 0 Å². The van der Waals surface area contributed by atoms with Crippen LogP contribution in [0.2, 0.25) is 0 Å². The highest BCUT2D eigenvalue weighted by Gasteiger charge is 2.21. The molecule has 0 heterocycles. The molecule has 1 unspecified atom stereocenters. The van der Waals surface area contributed by atoms with E-state index in [1.54, 1.807) is 6.07 Å². The summed E-state index contributed by atoms with van der Waals surface area (Å²) in [5.41, 5.74) is -0.0107. The fourth-order valence-corrected chi connectivity index (χ4v) is 1.94. The van der Waals surface area contributed by atoms with Gasteiger partial charge in [-0.25, -0.2) is 4.79 Å². The molecule has 0 aromatic heterocycles. The van der Waals surface area contributed by atoms with Crippen LogP contribution in [0.4, 0.5) is 11.4 Å². The molecular formula is C13H18N2O4. The summed E-state index contributed by atoms with van der Waals surface area (Å²) in [6, 6.07) is 4.43. The van der Waals surface area contributed by atoms with Crippen molar-refractivity contribution >= 4 is 17.3 Å². The minimum atomic E-state index is -1.29. The van der Waals surface area contributed by atoms with Crippen LogP contribution in [0.15, 0.2) is 18.2 Å². The molecule has 0 radical (unpaired) electrons. The zero-order chi connectivity index (χ0) is 14.6. The highest BCUT2D eigenvalue weighted by Crippen LogP contribution is 2.26. The van der Waals surface area contributed by atoms with E-state index in [4.69, 9.17) is 5.11 Å². The Morgan fingerprint density at radius 1 is 1.53 bits per heavy atom. The number of carbonyl (C=O) groups is 1. The fourth-order valence-electron chi connectivity index (χ4n) is 1.94. The van der Waals surface area contributed by atoms with Gasteiger partial charge in [-0.05, 0) is 25.5 Å². The van der Waals surface area contributed by atoms with Crippen LogP contribution in [0, 0.1) is 10.1 Å². The van der Waals surface area contributed by atoms with Gasteiger partial charge < -0.3 is 10.0 Å². The van der Waals surface area contributed by atoms with Gasteiger partial charge in [0.1, 0.15) is 5.56 Å². The molecule has 0 saturated heterocycles. The van der Waals surface area contributed by atoms with Crippen molar-refractivity contribution in [2.24, 2.45) is 0 Å². The van der Waals surface area contributed by atoms with Crippen molar-refractivity contribution in [1.82, 2.24) is 0 Å². The highest BCUT2D eigenvalue weighted by atomic mass is 16.6. The SMILES string of the molecule is CCCC(C)N(C)c1ccc(C(=O)O)c([N+](=O)[O-])c1. The van der Waals surface area contributed by atoms with Gasteiger partial charge in [-0.1, -0.05) is 13.3 Å². The lowest BCUT2D eigenvalue weighted by atomic mass is 10.1. The molecule has 0 amide bonds. The van der Waals surface area contributed by atoms with Gasteiger partial charge in [-0.2, -0.15) is 0 Å². The molecule has 0 saturated carbocycles. The van der Waals surface area contributed by atoms with Gasteiger partial charge in [0.05, 0.1) is 4.92 Å². The summed E-state index contributed by atoms with van der Waals surface area (Å²) in [6.45, 7) is 4.10. The second-order valence-corrected chi connectivity index (χ2v) is 4.51. The van der Waals surface area contributed by atoms with E-state index in [9.17, 15) is 14.9 Å². The molecule has 1 rings (SSSR count). The summed E-state index contributed by atoms with van der Waals surface area (Å²) in [7, 11) is 1.85. The van der Waals surface area contributed by atoms with E-state index in [0.717, 1.165) is 12.8 Å². The largest absolute Gasteiger partial charge is 0.477 e. The molecule has 1 atom stereocenters. The van der Waals surface area contributed by atoms with E-state index >= 15 is 0 Å². The number of aromatic carboxylic acids is 1. The van der Waals surface area contributed by atoms with Crippen molar-refractivity contribution in [1.29, 1.82) is 0 Å². The predicted molar refractivity (Wildman–Crippen MR) is 72.8 cm³/mol. The first-order valence-electron chi connectivity index (χ1n) is 6.13. The third-order valence-corrected chi connectivity index (χ3v) is 3.18. The molecule has 6 heteroatoms. The lowest BCUT2D eigenvalue weighted by molar-refractivity contribution is -0.385. The second kappa shape index (κ2) is 6.17. The number of hydrogen-bond acceptors (Lipinski definition) is 4. The quantitative estimate of drug-likeness (QED) is 0.632. The minimum Gasteiger partial charge on any atom is -0.477 e. The summed E-state index contributed by atoms with van der Waals surface area (Å²) < 4.78 is 0. The molecule has 1 N–H and O–H groups in total. The van der Waals surface area contributed by atoms with Crippen LogP contribution in [0.25, 0.3) is 0 Å². The summed E-state index contributed by atoms with van der Waals surface area (Å²) in [5.74, 6) is -1.29. The zero-order valence-corrected chi connectivity index (χ0v) is 11.3. The van der Waals surface area contributed by atoms with E-state index in [1.807, 2.05) is 18.9 Å². The first-order valence-corrected chi connectivity index (χ1v) is 6.13. The Morgan fingerprint density at radius 3 is 2.63 bits per heavy atom. The van der Waals surface area contributed by atoms with Gasteiger partial charge in [-0.15, -0.1) is 0 Å². The molecule has 0 aliphatic rings. The highest BCUT2D eigenvalue weighted by molar-refractivity contribution is 5.93. The maximum atomic E-state index is 10.9. The monoisotopic (exact) mass is 266 g/mol. The van der Waals surface area contributed by atoms with Crippen molar-refractivity contribution in [3.8, 4) is 0 Å². The van der Waals surface area contributed by atoms with Gasteiger partial charge in [0, 0.05) is 24.8 Å². The molecule has 1 aromatic carbocycles. The van der Waals surface area contributed by atoms with E-state index < -0.39 is 10.9 Å². The number of nitro groups is 1. The standard InChI is InChI=1S/C13H18N2O4/c1-4-5-9(2)14(3)10-6-7-11(13(16)17)12(8-10)15(18)19/h6-9H,4-5H2,1-3H3,(H,16,17). The van der Waals surface area contributed by atoms with E-state index in [-0.39, 0.29) is 17.3 Å². The number of benzene rings is 1. The molecule has 0 spiro atoms. The molecule has 19 heavy (non-hydrogen) atoms. The Kier molecular flexibility index (Phi) is 4.86. The third kappa shape index (κ3) is 3.43. The minimum absolute atomic E-state index is 0.236. The summed E-state index contributed by atoms with van der Waals surface area (Å²) >= 11 is 0. The zero-order valence-electron chi connectivity index (χ0n) is 11.3. The number of rotatable bonds is 6. The Bertz CT molecular complexity index is 488. The Labute approximate surface area is 111 Å². The van der Waals surface area contributed by atoms with Crippen LogP contribution in [-0.2, 0) is 0 Å². The maximum Gasteiger partial charge on any atom is 0.342 e. The van der Waals surface area contributed by atoms with Crippen molar-refractivity contribution in [3.63, 3.8) is 0 Å². The van der Waals surface area contributed by atoms with Crippen LogP contribution < -0.4 is 4.90 Å². The van der Waals surface area contributed by atoms with Gasteiger partial charge in [0.2, 0.25) is 0 Å². The smallest absolute Gasteiger partial charge is 0.342 e. The number of nitro benzene ring substituents is 1. The Balaban J connectivity index is 3.15. The number of carboxylic acid groups (broad SMARTS) is 1.